The maximum atomic E-state index is 11.8. The first-order valence-corrected chi connectivity index (χ1v) is 7.21. The number of nitrogens with one attached hydrogen (secondary N) is 1. The number of ether oxygens (including phenoxy) is 1. The molecule has 0 bridgehead atoms. The molecule has 0 aliphatic carbocycles. The van der Waals surface area contributed by atoms with Crippen molar-refractivity contribution in [3.63, 3.8) is 0 Å². The van der Waals surface area contributed by atoms with Crippen LogP contribution in [0.15, 0.2) is 24.5 Å². The van der Waals surface area contributed by atoms with Gasteiger partial charge in [0.1, 0.15) is 11.1 Å². The Morgan fingerprint density at radius 2 is 2.23 bits per heavy atom. The molecule has 2 heterocycles. The Hall–Kier alpha value is -2.72. The van der Waals surface area contributed by atoms with Gasteiger partial charge in [-0.2, -0.15) is 5.26 Å². The van der Waals surface area contributed by atoms with Gasteiger partial charge in [0.25, 0.3) is 5.91 Å². The summed E-state index contributed by atoms with van der Waals surface area (Å²) in [5.41, 5.74) is 1.56. The summed E-state index contributed by atoms with van der Waals surface area (Å²) in [7, 11) is 0. The maximum Gasteiger partial charge on any atom is 0.340 e. The molecule has 0 spiro atoms. The van der Waals surface area contributed by atoms with Crippen LogP contribution in [0.3, 0.4) is 0 Å². The number of hydrogen-bond acceptors (Lipinski definition) is 6. The molecule has 7 heteroatoms. The van der Waals surface area contributed by atoms with E-state index in [9.17, 15) is 9.59 Å². The lowest BCUT2D eigenvalue weighted by Gasteiger charge is -2.05. The number of nitrogens with zero attached hydrogens (tertiary/aromatic N) is 2. The monoisotopic (exact) mass is 315 g/mol. The Bertz CT molecular complexity index is 747. The second kappa shape index (κ2) is 6.83. The van der Waals surface area contributed by atoms with E-state index in [1.807, 2.05) is 13.8 Å². The van der Waals surface area contributed by atoms with E-state index in [1.165, 1.54) is 23.7 Å². The lowest BCUT2D eigenvalue weighted by atomic mass is 10.2. The van der Waals surface area contributed by atoms with Gasteiger partial charge in [-0.3, -0.25) is 9.78 Å². The molecule has 0 aliphatic heterocycles. The molecule has 112 valence electrons. The molecule has 2 aromatic rings. The number of carbonyl (C=O) groups excluding carboxylic acids is 2. The van der Waals surface area contributed by atoms with Crippen molar-refractivity contribution in [3.8, 4) is 6.07 Å². The van der Waals surface area contributed by atoms with Crippen molar-refractivity contribution in [2.45, 2.75) is 13.8 Å². The Kier molecular flexibility index (Phi) is 4.86. The summed E-state index contributed by atoms with van der Waals surface area (Å²) >= 11 is 1.32. The number of anilines is 1. The van der Waals surface area contributed by atoms with Gasteiger partial charge in [-0.15, -0.1) is 11.3 Å². The summed E-state index contributed by atoms with van der Waals surface area (Å²) in [6.45, 7) is 3.27. The average Bonchev–Trinajstić information content (AvgIpc) is 2.79. The smallest absolute Gasteiger partial charge is 0.340 e. The van der Waals surface area contributed by atoms with Crippen LogP contribution in [0.4, 0.5) is 5.00 Å². The van der Waals surface area contributed by atoms with Crippen LogP contribution in [-0.4, -0.2) is 23.5 Å². The Balaban J connectivity index is 1.96. The quantitative estimate of drug-likeness (QED) is 0.875. The second-order valence-electron chi connectivity index (χ2n) is 4.47. The number of aryl methyl sites for hydroxylation is 1. The number of hydrogen-bond donors (Lipinski definition) is 1. The molecule has 0 radical (unpaired) electrons. The predicted molar refractivity (Wildman–Crippen MR) is 81.7 cm³/mol. The first-order chi connectivity index (χ1) is 10.5. The number of aromatic nitrogens is 1. The molecule has 0 fully saturated rings. The van der Waals surface area contributed by atoms with E-state index in [0.717, 1.165) is 10.4 Å². The van der Waals surface area contributed by atoms with Gasteiger partial charge in [0.05, 0.1) is 11.1 Å². The first kappa shape index (κ1) is 15.7. The summed E-state index contributed by atoms with van der Waals surface area (Å²) in [5, 5.41) is 12.2. The van der Waals surface area contributed by atoms with Crippen molar-refractivity contribution in [1.82, 2.24) is 4.98 Å². The molecule has 22 heavy (non-hydrogen) atoms. The van der Waals surface area contributed by atoms with E-state index in [0.29, 0.717) is 10.6 Å². The number of carbonyl (C=O) groups is 2. The normalized spacial score (nSPS) is 9.86. The predicted octanol–water partition coefficient (Wildman–Crippen LogP) is 2.43. The SMILES string of the molecule is Cc1sc(NC(=O)COC(=O)c2cccnc2)c(C#N)c1C. The molecule has 0 atom stereocenters. The van der Waals surface area contributed by atoms with Crippen LogP contribution >= 0.6 is 11.3 Å². The maximum absolute atomic E-state index is 11.8. The van der Waals surface area contributed by atoms with Crippen molar-refractivity contribution < 1.29 is 14.3 Å². The van der Waals surface area contributed by atoms with Crippen LogP contribution in [0.1, 0.15) is 26.4 Å². The Morgan fingerprint density at radius 1 is 1.45 bits per heavy atom. The molecule has 0 saturated heterocycles. The summed E-state index contributed by atoms with van der Waals surface area (Å²) < 4.78 is 4.90. The molecule has 2 aromatic heterocycles. The molecular formula is C15H13N3O3S. The van der Waals surface area contributed by atoms with Crippen molar-refractivity contribution in [1.29, 1.82) is 5.26 Å². The van der Waals surface area contributed by atoms with Gasteiger partial charge in [-0.25, -0.2) is 4.79 Å². The van der Waals surface area contributed by atoms with Crippen molar-refractivity contribution in [2.24, 2.45) is 0 Å². The van der Waals surface area contributed by atoms with Gasteiger partial charge in [0.2, 0.25) is 0 Å². The highest BCUT2D eigenvalue weighted by Gasteiger charge is 2.16. The van der Waals surface area contributed by atoms with Gasteiger partial charge >= 0.3 is 5.97 Å². The average molecular weight is 315 g/mol. The lowest BCUT2D eigenvalue weighted by Crippen LogP contribution is -2.20. The number of nitriles is 1. The largest absolute Gasteiger partial charge is 0.452 e. The zero-order valence-electron chi connectivity index (χ0n) is 12.0. The van der Waals surface area contributed by atoms with Crippen molar-refractivity contribution >= 4 is 28.2 Å². The summed E-state index contributed by atoms with van der Waals surface area (Å²) in [5.74, 6) is -1.11. The highest BCUT2D eigenvalue weighted by molar-refractivity contribution is 7.16. The van der Waals surface area contributed by atoms with Crippen LogP contribution in [0.2, 0.25) is 0 Å². The molecule has 1 N–H and O–H groups in total. The fraction of sp³-hybridized carbons (Fsp3) is 0.200. The Morgan fingerprint density at radius 3 is 2.86 bits per heavy atom. The number of thiophene rings is 1. The minimum Gasteiger partial charge on any atom is -0.452 e. The topological polar surface area (TPSA) is 92.1 Å². The minimum atomic E-state index is -0.623. The van der Waals surface area contributed by atoms with Crippen LogP contribution in [-0.2, 0) is 9.53 Å². The van der Waals surface area contributed by atoms with E-state index < -0.39 is 18.5 Å². The number of pyridine rings is 1. The summed E-state index contributed by atoms with van der Waals surface area (Å²) in [6, 6.07) is 5.21. The molecule has 2 rings (SSSR count). The first-order valence-electron chi connectivity index (χ1n) is 6.40. The molecule has 0 aliphatic rings. The van der Waals surface area contributed by atoms with Crippen LogP contribution in [0, 0.1) is 25.2 Å². The van der Waals surface area contributed by atoms with Crippen LogP contribution < -0.4 is 5.32 Å². The van der Waals surface area contributed by atoms with Gasteiger partial charge in [0.15, 0.2) is 6.61 Å². The van der Waals surface area contributed by atoms with Crippen LogP contribution in [0.5, 0.6) is 0 Å². The fourth-order valence-corrected chi connectivity index (χ4v) is 2.74. The van der Waals surface area contributed by atoms with E-state index in [2.05, 4.69) is 16.4 Å². The third-order valence-electron chi connectivity index (χ3n) is 2.98. The van der Waals surface area contributed by atoms with Gasteiger partial charge < -0.3 is 10.1 Å². The standard InChI is InChI=1S/C15H13N3O3S/c1-9-10(2)22-14(12(9)6-16)18-13(19)8-21-15(20)11-4-3-5-17-7-11/h3-5,7H,8H2,1-2H3,(H,18,19). The zero-order valence-corrected chi connectivity index (χ0v) is 12.9. The number of esters is 1. The zero-order chi connectivity index (χ0) is 16.1. The Labute approximate surface area is 131 Å². The number of amides is 1. The minimum absolute atomic E-state index is 0.274. The fourth-order valence-electron chi connectivity index (χ4n) is 1.71. The van der Waals surface area contributed by atoms with E-state index >= 15 is 0 Å². The van der Waals surface area contributed by atoms with Gasteiger partial charge in [-0.1, -0.05) is 0 Å². The van der Waals surface area contributed by atoms with E-state index in [1.54, 1.807) is 12.1 Å². The second-order valence-corrected chi connectivity index (χ2v) is 5.69. The molecule has 1 amide bonds. The summed E-state index contributed by atoms with van der Waals surface area (Å²) in [6.07, 6.45) is 2.90. The molecule has 0 unspecified atom stereocenters. The third-order valence-corrected chi connectivity index (χ3v) is 4.10. The van der Waals surface area contributed by atoms with Crippen molar-refractivity contribution in [2.75, 3.05) is 11.9 Å². The van der Waals surface area contributed by atoms with Crippen molar-refractivity contribution in [3.05, 3.63) is 46.1 Å². The molecule has 0 aromatic carbocycles. The van der Waals surface area contributed by atoms with Crippen LogP contribution in [0.25, 0.3) is 0 Å². The summed E-state index contributed by atoms with van der Waals surface area (Å²) in [4.78, 5) is 28.3. The van der Waals surface area contributed by atoms with Gasteiger partial charge in [-0.05, 0) is 31.5 Å². The van der Waals surface area contributed by atoms with E-state index in [4.69, 9.17) is 10.00 Å². The molecule has 6 nitrogen and oxygen atoms in total. The molecule has 0 saturated carbocycles. The van der Waals surface area contributed by atoms with Gasteiger partial charge in [0, 0.05) is 17.3 Å². The highest BCUT2D eigenvalue weighted by atomic mass is 32.1. The third kappa shape index (κ3) is 3.48. The van der Waals surface area contributed by atoms with E-state index in [-0.39, 0.29) is 5.56 Å². The highest BCUT2D eigenvalue weighted by Crippen LogP contribution is 2.31. The lowest BCUT2D eigenvalue weighted by molar-refractivity contribution is -0.119. The number of rotatable bonds is 4. The molecular weight excluding hydrogens is 302 g/mol.